The molecule has 1 saturated heterocycles. The van der Waals surface area contributed by atoms with E-state index in [4.69, 9.17) is 24.6 Å². The van der Waals surface area contributed by atoms with Gasteiger partial charge in [-0.15, -0.1) is 10.2 Å². The molecule has 256 valence electrons. The maximum atomic E-state index is 9.66. The standard InChI is InChI=1S/C34H42N12O3/c1-23-18-44(19-24(2)48-23)29-8-10-30(11-9-29)46-21-31(33(41-46)47-13-5-4-12-35)40-34-37-16-28(17-38-34)26-6-7-27(15-36)32(14-26)49-25(3)20-45-22-39-42-43-45/h6-7,14,16-17,21-25,29-30H,4-5,8-11,13,18-20H2,1-3H3,(H,37,38,40)/t23-,24+,25-,29-,30-/m0/s1. The number of anilines is 2. The summed E-state index contributed by atoms with van der Waals surface area (Å²) in [6.45, 7) is 8.99. The predicted molar refractivity (Wildman–Crippen MR) is 179 cm³/mol. The number of morpholine rings is 1. The van der Waals surface area contributed by atoms with Crippen molar-refractivity contribution in [2.24, 2.45) is 0 Å². The highest BCUT2D eigenvalue weighted by Crippen LogP contribution is 2.35. The summed E-state index contributed by atoms with van der Waals surface area (Å²) in [5.74, 6) is 1.31. The van der Waals surface area contributed by atoms with Crippen molar-refractivity contribution in [2.45, 2.75) is 96.2 Å². The molecular weight excluding hydrogens is 624 g/mol. The SMILES string of the molecule is C[C@@H]1CN([C@H]2CC[C@H](n3cc(Nc4ncc(-c5ccc(C#N)c(O[C@@H](C)Cn6cnnn6)c5)cn4)c(OCCCC#N)n3)CC2)C[C@H](C)O1. The number of hydrogen-bond acceptors (Lipinski definition) is 13. The molecule has 3 atom stereocenters. The van der Waals surface area contributed by atoms with E-state index in [2.05, 4.69) is 61.7 Å². The molecule has 0 radical (unpaired) electrons. The zero-order valence-electron chi connectivity index (χ0n) is 28.1. The second kappa shape index (κ2) is 15.9. The monoisotopic (exact) mass is 666 g/mol. The van der Waals surface area contributed by atoms with Gasteiger partial charge in [-0.3, -0.25) is 9.58 Å². The van der Waals surface area contributed by atoms with E-state index in [1.54, 1.807) is 23.1 Å². The van der Waals surface area contributed by atoms with Crippen LogP contribution < -0.4 is 14.8 Å². The molecule has 2 fully saturated rings. The zero-order chi connectivity index (χ0) is 34.2. The van der Waals surface area contributed by atoms with Crippen LogP contribution in [0.25, 0.3) is 11.1 Å². The number of aromatic nitrogens is 8. The second-order valence-corrected chi connectivity index (χ2v) is 12.8. The molecule has 0 unspecified atom stereocenters. The van der Waals surface area contributed by atoms with Gasteiger partial charge in [-0.1, -0.05) is 6.07 Å². The first-order valence-electron chi connectivity index (χ1n) is 16.9. The van der Waals surface area contributed by atoms with Crippen molar-refractivity contribution in [3.8, 4) is 34.9 Å². The predicted octanol–water partition coefficient (Wildman–Crippen LogP) is 4.68. The lowest BCUT2D eigenvalue weighted by molar-refractivity contribution is -0.0852. The summed E-state index contributed by atoms with van der Waals surface area (Å²) in [6.07, 6.45) is 12.5. The van der Waals surface area contributed by atoms with Crippen molar-refractivity contribution in [2.75, 3.05) is 25.0 Å². The van der Waals surface area contributed by atoms with Crippen LogP contribution in [0.3, 0.4) is 0 Å². The summed E-state index contributed by atoms with van der Waals surface area (Å²) >= 11 is 0. The van der Waals surface area contributed by atoms with Crippen LogP contribution in [0.2, 0.25) is 0 Å². The van der Waals surface area contributed by atoms with Crippen LogP contribution in [0.4, 0.5) is 11.6 Å². The number of nitriles is 2. The van der Waals surface area contributed by atoms with Crippen LogP contribution in [-0.2, 0) is 11.3 Å². The quantitative estimate of drug-likeness (QED) is 0.195. The fourth-order valence-electron chi connectivity index (χ4n) is 6.61. The van der Waals surface area contributed by atoms with Crippen LogP contribution in [0.1, 0.15) is 70.9 Å². The zero-order valence-corrected chi connectivity index (χ0v) is 28.1. The molecule has 3 aromatic heterocycles. The van der Waals surface area contributed by atoms with Gasteiger partial charge in [-0.05, 0) is 81.0 Å². The average molecular weight is 667 g/mol. The Labute approximate surface area is 285 Å². The van der Waals surface area contributed by atoms with Crippen molar-refractivity contribution < 1.29 is 14.2 Å². The molecule has 4 aromatic rings. The van der Waals surface area contributed by atoms with Crippen molar-refractivity contribution in [1.29, 1.82) is 10.5 Å². The van der Waals surface area contributed by atoms with Gasteiger partial charge in [0.15, 0.2) is 0 Å². The van der Waals surface area contributed by atoms with Gasteiger partial charge in [0.05, 0.1) is 49.2 Å². The normalized spacial score (nSPS) is 21.7. The lowest BCUT2D eigenvalue weighted by Crippen LogP contribution is -2.51. The molecule has 0 amide bonds. The summed E-state index contributed by atoms with van der Waals surface area (Å²) < 4.78 is 21.7. The van der Waals surface area contributed by atoms with Gasteiger partial charge in [0, 0.05) is 43.5 Å². The van der Waals surface area contributed by atoms with E-state index in [1.165, 1.54) is 6.33 Å². The molecule has 6 rings (SSSR count). The third-order valence-corrected chi connectivity index (χ3v) is 8.87. The van der Waals surface area contributed by atoms with Crippen molar-refractivity contribution in [1.82, 2.24) is 44.9 Å². The van der Waals surface area contributed by atoms with Crippen molar-refractivity contribution in [3.05, 3.63) is 48.7 Å². The topological polar surface area (TPSA) is 178 Å². The minimum absolute atomic E-state index is 0.260. The third-order valence-electron chi connectivity index (χ3n) is 8.87. The average Bonchev–Trinajstić information content (AvgIpc) is 3.76. The minimum atomic E-state index is -0.279. The number of nitrogens with one attached hydrogen (secondary N) is 1. The Morgan fingerprint density at radius 3 is 2.49 bits per heavy atom. The van der Waals surface area contributed by atoms with Gasteiger partial charge < -0.3 is 19.5 Å². The number of ether oxygens (including phenoxy) is 3. The molecule has 2 aliphatic rings. The highest BCUT2D eigenvalue weighted by atomic mass is 16.5. The molecule has 15 heteroatoms. The Hall–Kier alpha value is -5.12. The molecule has 1 saturated carbocycles. The molecule has 1 aliphatic carbocycles. The molecule has 15 nitrogen and oxygen atoms in total. The van der Waals surface area contributed by atoms with Crippen LogP contribution in [-0.4, -0.2) is 88.9 Å². The lowest BCUT2D eigenvalue weighted by Gasteiger charge is -2.42. The first-order chi connectivity index (χ1) is 23.9. The summed E-state index contributed by atoms with van der Waals surface area (Å²) in [6, 6.07) is 10.6. The van der Waals surface area contributed by atoms with E-state index >= 15 is 0 Å². The van der Waals surface area contributed by atoms with E-state index in [0.29, 0.717) is 60.9 Å². The van der Waals surface area contributed by atoms with Crippen LogP contribution >= 0.6 is 0 Å². The molecular formula is C34H42N12O3. The van der Waals surface area contributed by atoms with Gasteiger partial charge in [-0.25, -0.2) is 14.6 Å². The maximum absolute atomic E-state index is 9.66. The highest BCUT2D eigenvalue weighted by molar-refractivity contribution is 5.67. The maximum Gasteiger partial charge on any atom is 0.256 e. The van der Waals surface area contributed by atoms with Crippen molar-refractivity contribution >= 4 is 11.6 Å². The Bertz CT molecular complexity index is 1730. The van der Waals surface area contributed by atoms with Gasteiger partial charge in [0.1, 0.15) is 29.9 Å². The highest BCUT2D eigenvalue weighted by Gasteiger charge is 2.32. The lowest BCUT2D eigenvalue weighted by atomic mass is 9.89. The van der Waals surface area contributed by atoms with Gasteiger partial charge >= 0.3 is 0 Å². The van der Waals surface area contributed by atoms with Gasteiger partial charge in [0.2, 0.25) is 5.95 Å². The Morgan fingerprint density at radius 2 is 1.80 bits per heavy atom. The number of unbranched alkanes of at least 4 members (excludes halogenated alkanes) is 1. The Morgan fingerprint density at radius 1 is 1.04 bits per heavy atom. The summed E-state index contributed by atoms with van der Waals surface area (Å²) in [5, 5.41) is 37.9. The molecule has 1 N–H and O–H groups in total. The first-order valence-corrected chi connectivity index (χ1v) is 16.9. The number of rotatable bonds is 13. The largest absolute Gasteiger partial charge is 0.487 e. The number of tetrazole rings is 1. The molecule has 1 aliphatic heterocycles. The van der Waals surface area contributed by atoms with E-state index in [9.17, 15) is 5.26 Å². The fourth-order valence-corrected chi connectivity index (χ4v) is 6.61. The Balaban J connectivity index is 1.13. The molecule has 49 heavy (non-hydrogen) atoms. The number of hydrogen-bond donors (Lipinski definition) is 1. The Kier molecular flexibility index (Phi) is 10.9. The molecule has 1 aromatic carbocycles. The third kappa shape index (κ3) is 8.68. The number of nitrogens with zero attached hydrogens (tertiary/aromatic N) is 11. The van der Waals surface area contributed by atoms with Gasteiger partial charge in [-0.2, -0.15) is 10.5 Å². The molecule has 0 bridgehead atoms. The summed E-state index contributed by atoms with van der Waals surface area (Å²) in [4.78, 5) is 11.7. The molecule has 0 spiro atoms. The van der Waals surface area contributed by atoms with Crippen molar-refractivity contribution in [3.63, 3.8) is 0 Å². The minimum Gasteiger partial charge on any atom is -0.487 e. The molecule has 4 heterocycles. The summed E-state index contributed by atoms with van der Waals surface area (Å²) in [7, 11) is 0. The smallest absolute Gasteiger partial charge is 0.256 e. The van der Waals surface area contributed by atoms with E-state index < -0.39 is 0 Å². The second-order valence-electron chi connectivity index (χ2n) is 12.8. The van der Waals surface area contributed by atoms with E-state index in [1.807, 2.05) is 29.9 Å². The van der Waals surface area contributed by atoms with Crippen LogP contribution in [0.15, 0.2) is 43.1 Å². The van der Waals surface area contributed by atoms with Gasteiger partial charge in [0.25, 0.3) is 5.88 Å². The number of benzene rings is 1. The van der Waals surface area contributed by atoms with E-state index in [0.717, 1.165) is 49.9 Å². The fraction of sp³-hybridized carbons (Fsp3) is 0.529. The van der Waals surface area contributed by atoms with Crippen LogP contribution in [0.5, 0.6) is 11.6 Å². The first kappa shape index (κ1) is 33.8. The summed E-state index contributed by atoms with van der Waals surface area (Å²) in [5.41, 5.74) is 2.66. The van der Waals surface area contributed by atoms with Crippen LogP contribution in [0, 0.1) is 22.7 Å². The van der Waals surface area contributed by atoms with E-state index in [-0.39, 0.29) is 24.4 Å².